The first kappa shape index (κ1) is 22.9. The number of amides is 2. The summed E-state index contributed by atoms with van der Waals surface area (Å²) in [6, 6.07) is 6.03. The predicted octanol–water partition coefficient (Wildman–Crippen LogP) is 2.49. The molecule has 1 aromatic carbocycles. The van der Waals surface area contributed by atoms with E-state index in [-0.39, 0.29) is 25.6 Å². The Labute approximate surface area is 189 Å². The van der Waals surface area contributed by atoms with Crippen LogP contribution >= 0.6 is 8.46 Å². The van der Waals surface area contributed by atoms with Gasteiger partial charge in [0.2, 0.25) is 5.91 Å². The molecule has 4 rings (SSSR count). The van der Waals surface area contributed by atoms with Gasteiger partial charge in [-0.25, -0.2) is 9.18 Å². The number of ether oxygens (including phenoxy) is 2. The minimum absolute atomic E-state index is 0.0838. The first-order valence-electron chi connectivity index (χ1n) is 10.2. The van der Waals surface area contributed by atoms with Crippen molar-refractivity contribution < 1.29 is 37.6 Å². The average molecular weight is 477 g/mol. The quantitative estimate of drug-likeness (QED) is 0.576. The highest BCUT2D eigenvalue weighted by Crippen LogP contribution is 2.30. The van der Waals surface area contributed by atoms with Gasteiger partial charge in [-0.2, -0.15) is 0 Å². The number of aliphatic hydroxyl groups is 1. The van der Waals surface area contributed by atoms with Crippen molar-refractivity contribution in [1.29, 1.82) is 0 Å². The number of hydrogen-bond donors (Lipinski definition) is 1. The maximum atomic E-state index is 14.9. The molecule has 0 aliphatic carbocycles. The molecule has 0 saturated carbocycles. The van der Waals surface area contributed by atoms with Crippen LogP contribution in [0.3, 0.4) is 0 Å². The number of carbonyl (C=O) groups excluding carboxylic acids is 2. The Balaban J connectivity index is 1.39. The largest absolute Gasteiger partial charge is 0.471 e. The number of aliphatic hydroxyl groups excluding tert-OH is 1. The van der Waals surface area contributed by atoms with Gasteiger partial charge in [0.15, 0.2) is 14.6 Å². The van der Waals surface area contributed by atoms with Crippen LogP contribution in [0.25, 0.3) is 5.57 Å². The standard InChI is InChI=1S/C21H21FN3O7P/c22-17-9-14(25-10-15(32-21(25)28)12-30-19-5-8-31-23-19)1-2-16(17)13-3-6-24(7-4-13)20(27)18(11-26)33-29/h1-3,5,8-9,15,18,26H,4,6-7,10-12H2/t15-,18+/m1/s1. The number of rotatable bonds is 8. The van der Waals surface area contributed by atoms with Gasteiger partial charge in [-0.05, 0) is 35.3 Å². The van der Waals surface area contributed by atoms with Crippen molar-refractivity contribution >= 4 is 31.7 Å². The zero-order valence-electron chi connectivity index (χ0n) is 17.4. The van der Waals surface area contributed by atoms with Crippen LogP contribution in [0.2, 0.25) is 0 Å². The van der Waals surface area contributed by atoms with E-state index in [1.54, 1.807) is 18.2 Å². The lowest BCUT2D eigenvalue weighted by Gasteiger charge is -2.28. The topological polar surface area (TPSA) is 122 Å². The van der Waals surface area contributed by atoms with Gasteiger partial charge < -0.3 is 24.0 Å². The first-order valence-corrected chi connectivity index (χ1v) is 11.1. The van der Waals surface area contributed by atoms with E-state index in [4.69, 9.17) is 14.6 Å². The van der Waals surface area contributed by atoms with Crippen molar-refractivity contribution in [2.45, 2.75) is 18.2 Å². The van der Waals surface area contributed by atoms with Crippen molar-refractivity contribution in [1.82, 2.24) is 10.1 Å². The molecule has 0 radical (unpaired) electrons. The summed E-state index contributed by atoms with van der Waals surface area (Å²) in [6.07, 6.45) is 2.36. The van der Waals surface area contributed by atoms with E-state index < -0.39 is 44.6 Å². The Morgan fingerprint density at radius 1 is 1.39 bits per heavy atom. The Kier molecular flexibility index (Phi) is 7.00. The first-order chi connectivity index (χ1) is 16.0. The molecule has 10 nitrogen and oxygen atoms in total. The summed E-state index contributed by atoms with van der Waals surface area (Å²) in [5.41, 5.74) is 0.483. The fourth-order valence-electron chi connectivity index (χ4n) is 3.69. The van der Waals surface area contributed by atoms with Crippen molar-refractivity contribution in [2.75, 3.05) is 37.7 Å². The molecule has 1 saturated heterocycles. The molecule has 12 heteroatoms. The van der Waals surface area contributed by atoms with Crippen LogP contribution in [0.5, 0.6) is 5.88 Å². The van der Waals surface area contributed by atoms with Gasteiger partial charge in [0, 0.05) is 24.7 Å². The summed E-state index contributed by atoms with van der Waals surface area (Å²) < 4.78 is 41.3. The van der Waals surface area contributed by atoms with E-state index in [1.165, 1.54) is 28.2 Å². The van der Waals surface area contributed by atoms with Crippen LogP contribution < -0.4 is 9.64 Å². The molecule has 3 heterocycles. The molecule has 1 aromatic heterocycles. The van der Waals surface area contributed by atoms with E-state index in [9.17, 15) is 18.5 Å². The molecule has 2 amide bonds. The van der Waals surface area contributed by atoms with Crippen molar-refractivity contribution in [3.63, 3.8) is 0 Å². The summed E-state index contributed by atoms with van der Waals surface area (Å²) in [5, 5.41) is 12.8. The molecule has 0 spiro atoms. The lowest BCUT2D eigenvalue weighted by molar-refractivity contribution is -0.130. The highest BCUT2D eigenvalue weighted by Gasteiger charge is 2.33. The molecule has 174 valence electrons. The van der Waals surface area contributed by atoms with Gasteiger partial charge in [-0.15, -0.1) is 0 Å². The van der Waals surface area contributed by atoms with E-state index in [2.05, 4.69) is 9.68 Å². The van der Waals surface area contributed by atoms with E-state index in [1.807, 2.05) is 0 Å². The van der Waals surface area contributed by atoms with Gasteiger partial charge in [-0.1, -0.05) is 6.08 Å². The number of benzene rings is 1. The minimum atomic E-state index is -0.985. The van der Waals surface area contributed by atoms with Gasteiger partial charge in [0.1, 0.15) is 24.3 Å². The van der Waals surface area contributed by atoms with Gasteiger partial charge in [-0.3, -0.25) is 14.3 Å². The Bertz CT molecular complexity index is 1060. The fourth-order valence-corrected chi connectivity index (χ4v) is 4.01. The molecule has 2 aliphatic heterocycles. The second-order valence-electron chi connectivity index (χ2n) is 7.50. The molecule has 1 N–H and O–H groups in total. The summed E-state index contributed by atoms with van der Waals surface area (Å²) in [6.45, 7) is 0.330. The molecule has 2 atom stereocenters. The molecular formula is C21H21FN3O7P. The molecule has 2 aliphatic rings. The zero-order chi connectivity index (χ0) is 23.4. The van der Waals surface area contributed by atoms with Crippen LogP contribution in [0.15, 0.2) is 41.1 Å². The van der Waals surface area contributed by atoms with Crippen molar-refractivity contribution in [3.05, 3.63) is 48.0 Å². The third-order valence-electron chi connectivity index (χ3n) is 5.42. The zero-order valence-corrected chi connectivity index (χ0v) is 18.3. The number of cyclic esters (lactones) is 1. The summed E-state index contributed by atoms with van der Waals surface area (Å²) >= 11 is 0. The normalized spacial score (nSPS) is 19.4. The van der Waals surface area contributed by atoms with Gasteiger partial charge in [0.25, 0.3) is 5.88 Å². The molecule has 0 unspecified atom stereocenters. The number of nitrogens with zero attached hydrogens (tertiary/aromatic N) is 3. The summed E-state index contributed by atoms with van der Waals surface area (Å²) in [5.74, 6) is -0.629. The molecule has 33 heavy (non-hydrogen) atoms. The lowest BCUT2D eigenvalue weighted by atomic mass is 9.98. The molecule has 1 fully saturated rings. The third kappa shape index (κ3) is 5.04. The van der Waals surface area contributed by atoms with Crippen LogP contribution in [-0.4, -0.2) is 71.8 Å². The van der Waals surface area contributed by atoms with E-state index >= 15 is 0 Å². The Morgan fingerprint density at radius 3 is 2.88 bits per heavy atom. The fraction of sp³-hybridized carbons (Fsp3) is 0.381. The van der Waals surface area contributed by atoms with Gasteiger partial charge >= 0.3 is 6.09 Å². The Morgan fingerprint density at radius 2 is 2.24 bits per heavy atom. The van der Waals surface area contributed by atoms with Gasteiger partial charge in [0.05, 0.1) is 18.8 Å². The SMILES string of the molecule is O=P[C@@H](CO)C(=O)N1CC=C(c2ccc(N3C[C@H](COc4ccon4)OC3=O)cc2F)CC1. The number of hydrogen-bond acceptors (Lipinski definition) is 8. The predicted molar refractivity (Wildman–Crippen MR) is 114 cm³/mol. The van der Waals surface area contributed by atoms with E-state index in [0.717, 1.165) is 5.57 Å². The second kappa shape index (κ2) is 10.1. The third-order valence-corrected chi connectivity index (χ3v) is 6.06. The summed E-state index contributed by atoms with van der Waals surface area (Å²) in [7, 11) is -0.431. The molecular weight excluding hydrogens is 456 g/mol. The van der Waals surface area contributed by atoms with Crippen LogP contribution in [0, 0.1) is 5.82 Å². The monoisotopic (exact) mass is 477 g/mol. The minimum Gasteiger partial charge on any atom is -0.471 e. The molecule has 0 bridgehead atoms. The number of carbonyl (C=O) groups is 2. The van der Waals surface area contributed by atoms with Crippen LogP contribution in [-0.2, 0) is 14.1 Å². The van der Waals surface area contributed by atoms with Crippen LogP contribution in [0.1, 0.15) is 12.0 Å². The number of anilines is 1. The smallest absolute Gasteiger partial charge is 0.414 e. The second-order valence-corrected chi connectivity index (χ2v) is 8.33. The number of halogens is 1. The highest BCUT2D eigenvalue weighted by molar-refractivity contribution is 7.26. The average Bonchev–Trinajstić information content (AvgIpc) is 3.48. The maximum absolute atomic E-state index is 14.9. The highest BCUT2D eigenvalue weighted by atomic mass is 31.1. The van der Waals surface area contributed by atoms with E-state index in [0.29, 0.717) is 24.2 Å². The van der Waals surface area contributed by atoms with Crippen LogP contribution in [0.4, 0.5) is 14.9 Å². The number of aromatic nitrogens is 1. The maximum Gasteiger partial charge on any atom is 0.414 e. The Hall–Kier alpha value is -3.30. The van der Waals surface area contributed by atoms with Crippen molar-refractivity contribution in [3.8, 4) is 5.88 Å². The van der Waals surface area contributed by atoms with Crippen molar-refractivity contribution in [2.24, 2.45) is 0 Å². The molecule has 2 aromatic rings. The lowest BCUT2D eigenvalue weighted by Crippen LogP contribution is -2.40. The summed E-state index contributed by atoms with van der Waals surface area (Å²) in [4.78, 5) is 27.3.